The molecule has 0 radical (unpaired) electrons. The van der Waals surface area contributed by atoms with Gasteiger partial charge in [-0.05, 0) is 24.3 Å². The van der Waals surface area contributed by atoms with Crippen LogP contribution in [0.3, 0.4) is 0 Å². The Kier molecular flexibility index (Phi) is 7.70. The zero-order valence-electron chi connectivity index (χ0n) is 14.4. The number of nitrogens with one attached hydrogen (secondary N) is 2. The van der Waals surface area contributed by atoms with Gasteiger partial charge in [-0.3, -0.25) is 14.4 Å². The summed E-state index contributed by atoms with van der Waals surface area (Å²) in [4.78, 5) is 36.2. The van der Waals surface area contributed by atoms with Crippen LogP contribution in [0, 0.1) is 0 Å². The van der Waals surface area contributed by atoms with Gasteiger partial charge in [0.15, 0.2) is 6.61 Å². The topological polar surface area (TPSA) is 84.5 Å². The molecule has 0 aliphatic rings. The van der Waals surface area contributed by atoms with Crippen molar-refractivity contribution in [2.45, 2.75) is 23.1 Å². The molecule has 0 aromatic heterocycles. The zero-order chi connectivity index (χ0) is 18.8. The normalized spacial score (nSPS) is 10.0. The minimum atomic E-state index is -0.541. The van der Waals surface area contributed by atoms with Crippen LogP contribution in [-0.2, 0) is 19.1 Å². The molecular formula is C19H20N2O4S. The number of rotatable bonds is 8. The number of anilines is 1. The van der Waals surface area contributed by atoms with Crippen molar-refractivity contribution in [1.82, 2.24) is 5.32 Å². The van der Waals surface area contributed by atoms with Gasteiger partial charge >= 0.3 is 5.97 Å². The highest BCUT2D eigenvalue weighted by atomic mass is 32.2. The highest BCUT2D eigenvalue weighted by Crippen LogP contribution is 2.33. The summed E-state index contributed by atoms with van der Waals surface area (Å²) in [6.45, 7) is 1.18. The van der Waals surface area contributed by atoms with Gasteiger partial charge in [-0.25, -0.2) is 0 Å². The minimum absolute atomic E-state index is 0.0211. The lowest BCUT2D eigenvalue weighted by Crippen LogP contribution is -2.26. The SMILES string of the molecule is CC(=O)NCCC(=O)OCC(=O)Nc1ccccc1Sc1ccccc1. The molecule has 2 rings (SSSR count). The Labute approximate surface area is 156 Å². The molecule has 2 aromatic carbocycles. The number of para-hydroxylation sites is 1. The fourth-order valence-corrected chi connectivity index (χ4v) is 2.94. The third-order valence-electron chi connectivity index (χ3n) is 3.20. The van der Waals surface area contributed by atoms with E-state index < -0.39 is 11.9 Å². The lowest BCUT2D eigenvalue weighted by Gasteiger charge is -2.11. The molecule has 0 saturated carbocycles. The largest absolute Gasteiger partial charge is 0.456 e. The van der Waals surface area contributed by atoms with Crippen LogP contribution in [0.2, 0.25) is 0 Å². The highest BCUT2D eigenvalue weighted by Gasteiger charge is 2.11. The molecule has 0 saturated heterocycles. The summed E-state index contributed by atoms with van der Waals surface area (Å²) in [5.41, 5.74) is 0.653. The van der Waals surface area contributed by atoms with Crippen LogP contribution in [-0.4, -0.2) is 30.9 Å². The second kappa shape index (κ2) is 10.2. The van der Waals surface area contributed by atoms with Crippen molar-refractivity contribution >= 4 is 35.2 Å². The first-order valence-electron chi connectivity index (χ1n) is 8.06. The number of hydrogen-bond donors (Lipinski definition) is 2. The van der Waals surface area contributed by atoms with Crippen LogP contribution < -0.4 is 10.6 Å². The summed E-state index contributed by atoms with van der Waals surface area (Å²) in [6, 6.07) is 17.2. The van der Waals surface area contributed by atoms with Crippen molar-refractivity contribution in [1.29, 1.82) is 0 Å². The molecule has 0 aliphatic carbocycles. The van der Waals surface area contributed by atoms with E-state index in [2.05, 4.69) is 10.6 Å². The molecule has 0 heterocycles. The van der Waals surface area contributed by atoms with E-state index in [9.17, 15) is 14.4 Å². The van der Waals surface area contributed by atoms with Crippen LogP contribution in [0.4, 0.5) is 5.69 Å². The third-order valence-corrected chi connectivity index (χ3v) is 4.28. The molecule has 0 spiro atoms. The first-order chi connectivity index (χ1) is 12.5. The van der Waals surface area contributed by atoms with E-state index >= 15 is 0 Å². The fraction of sp³-hybridized carbons (Fsp3) is 0.211. The number of benzene rings is 2. The van der Waals surface area contributed by atoms with Gasteiger partial charge in [0, 0.05) is 23.3 Å². The van der Waals surface area contributed by atoms with E-state index in [0.717, 1.165) is 9.79 Å². The van der Waals surface area contributed by atoms with Crippen molar-refractivity contribution in [3.63, 3.8) is 0 Å². The number of ether oxygens (including phenoxy) is 1. The van der Waals surface area contributed by atoms with Gasteiger partial charge in [-0.2, -0.15) is 0 Å². The van der Waals surface area contributed by atoms with Crippen LogP contribution >= 0.6 is 11.8 Å². The first kappa shape index (κ1) is 19.5. The smallest absolute Gasteiger partial charge is 0.308 e. The second-order valence-electron chi connectivity index (χ2n) is 5.35. The van der Waals surface area contributed by atoms with Crippen molar-refractivity contribution in [2.75, 3.05) is 18.5 Å². The van der Waals surface area contributed by atoms with E-state index in [1.807, 2.05) is 48.5 Å². The van der Waals surface area contributed by atoms with Gasteiger partial charge in [-0.15, -0.1) is 0 Å². The Morgan fingerprint density at radius 1 is 1.00 bits per heavy atom. The third kappa shape index (κ3) is 6.98. The van der Waals surface area contributed by atoms with Crippen LogP contribution in [0.1, 0.15) is 13.3 Å². The Bertz CT molecular complexity index is 765. The average Bonchev–Trinajstić information content (AvgIpc) is 2.62. The van der Waals surface area contributed by atoms with Crippen molar-refractivity contribution in [3.05, 3.63) is 54.6 Å². The zero-order valence-corrected chi connectivity index (χ0v) is 15.2. The molecule has 0 bridgehead atoms. The lowest BCUT2D eigenvalue weighted by molar-refractivity contribution is -0.147. The summed E-state index contributed by atoms with van der Waals surface area (Å²) >= 11 is 1.53. The van der Waals surface area contributed by atoms with Gasteiger partial charge < -0.3 is 15.4 Å². The average molecular weight is 372 g/mol. The van der Waals surface area contributed by atoms with Crippen LogP contribution in [0.5, 0.6) is 0 Å². The second-order valence-corrected chi connectivity index (χ2v) is 6.47. The lowest BCUT2D eigenvalue weighted by atomic mass is 10.3. The molecule has 136 valence electrons. The monoisotopic (exact) mass is 372 g/mol. The Morgan fingerprint density at radius 3 is 2.42 bits per heavy atom. The summed E-state index contributed by atoms with van der Waals surface area (Å²) in [5.74, 6) is -1.18. The molecule has 26 heavy (non-hydrogen) atoms. The molecule has 6 nitrogen and oxygen atoms in total. The molecule has 0 atom stereocenters. The van der Waals surface area contributed by atoms with Crippen molar-refractivity contribution in [3.8, 4) is 0 Å². The first-order valence-corrected chi connectivity index (χ1v) is 8.88. The highest BCUT2D eigenvalue weighted by molar-refractivity contribution is 7.99. The number of carbonyl (C=O) groups is 3. The van der Waals surface area contributed by atoms with E-state index in [0.29, 0.717) is 5.69 Å². The number of amides is 2. The summed E-state index contributed by atoms with van der Waals surface area (Å²) in [6.07, 6.45) is 0.0211. The maximum atomic E-state index is 12.0. The molecule has 7 heteroatoms. The minimum Gasteiger partial charge on any atom is -0.456 e. The molecule has 0 fully saturated rings. The standard InChI is InChI=1S/C19H20N2O4S/c1-14(22)20-12-11-19(24)25-13-18(23)21-16-9-5-6-10-17(16)26-15-7-3-2-4-8-15/h2-10H,11-13H2,1H3,(H,20,22)(H,21,23). The summed E-state index contributed by atoms with van der Waals surface area (Å²) in [5, 5.41) is 5.25. The molecule has 0 aliphatic heterocycles. The summed E-state index contributed by atoms with van der Waals surface area (Å²) < 4.78 is 4.91. The molecule has 0 unspecified atom stereocenters. The molecule has 2 N–H and O–H groups in total. The predicted octanol–water partition coefficient (Wildman–Crippen LogP) is 2.85. The van der Waals surface area contributed by atoms with E-state index in [-0.39, 0.29) is 25.5 Å². The van der Waals surface area contributed by atoms with Gasteiger partial charge in [0.25, 0.3) is 5.91 Å². The van der Waals surface area contributed by atoms with Gasteiger partial charge in [-0.1, -0.05) is 42.1 Å². The Balaban J connectivity index is 1.85. The maximum absolute atomic E-state index is 12.0. The number of carbonyl (C=O) groups excluding carboxylic acids is 3. The van der Waals surface area contributed by atoms with E-state index in [1.54, 1.807) is 6.07 Å². The Hall–Kier alpha value is -2.80. The van der Waals surface area contributed by atoms with Gasteiger partial charge in [0.1, 0.15) is 0 Å². The van der Waals surface area contributed by atoms with Crippen LogP contribution in [0.25, 0.3) is 0 Å². The van der Waals surface area contributed by atoms with Crippen molar-refractivity contribution < 1.29 is 19.1 Å². The maximum Gasteiger partial charge on any atom is 0.308 e. The number of hydrogen-bond acceptors (Lipinski definition) is 5. The van der Waals surface area contributed by atoms with Gasteiger partial charge in [0.05, 0.1) is 12.1 Å². The number of esters is 1. The van der Waals surface area contributed by atoms with Gasteiger partial charge in [0.2, 0.25) is 5.91 Å². The molecule has 2 aromatic rings. The fourth-order valence-electron chi connectivity index (χ4n) is 2.02. The Morgan fingerprint density at radius 2 is 1.69 bits per heavy atom. The van der Waals surface area contributed by atoms with E-state index in [4.69, 9.17) is 4.74 Å². The molecule has 2 amide bonds. The van der Waals surface area contributed by atoms with E-state index in [1.165, 1.54) is 18.7 Å². The predicted molar refractivity (Wildman–Crippen MR) is 99.9 cm³/mol. The molecular weight excluding hydrogens is 352 g/mol. The van der Waals surface area contributed by atoms with Crippen molar-refractivity contribution in [2.24, 2.45) is 0 Å². The van der Waals surface area contributed by atoms with Crippen LogP contribution in [0.15, 0.2) is 64.4 Å². The summed E-state index contributed by atoms with van der Waals surface area (Å²) in [7, 11) is 0. The quantitative estimate of drug-likeness (QED) is 0.696.